The van der Waals surface area contributed by atoms with E-state index in [2.05, 4.69) is 24.9 Å². The Hall–Kier alpha value is -6.20. The smallest absolute Gasteiger partial charge is 0.497 e. The lowest BCUT2D eigenvalue weighted by Gasteiger charge is -2.21. The molecule has 0 atom stereocenters. The standard InChI is InChI=1S/3C10H10F3NO3.CH3NO2/c1-6(15)14-8-5-7(16-2)3-4-9(8)17-10(11,12)13;1-7(15)14(17-10(11,12)13)8-4-3-5-9(6-8)16-2;1-6(15)14-7-4-3-5-8(16-2)9(7)17-10(11,12)13;1-2(3)4/h3-5H,1-2H3,(H,14,15);3-6H,1-2H3;3-5H,1-2H3,(H,14,15);1H3. The van der Waals surface area contributed by atoms with E-state index in [0.29, 0.717) is 11.5 Å². The Balaban J connectivity index is 0.000000757. The number of carbonyl (C=O) groups excluding carboxylic acids is 3. The molecule has 0 aliphatic carbocycles. The van der Waals surface area contributed by atoms with Crippen LogP contribution < -0.4 is 39.4 Å². The van der Waals surface area contributed by atoms with Crippen LogP contribution in [-0.4, -0.2) is 70.1 Å². The highest BCUT2D eigenvalue weighted by Gasteiger charge is 2.36. The van der Waals surface area contributed by atoms with Gasteiger partial charge < -0.3 is 34.3 Å². The molecule has 0 aliphatic rings. The Bertz CT molecular complexity index is 1700. The first kappa shape index (κ1) is 48.8. The summed E-state index contributed by atoms with van der Waals surface area (Å²) in [6.45, 7) is 3.32. The number of ether oxygens (including phenoxy) is 5. The zero-order chi connectivity index (χ0) is 42.7. The first-order valence-corrected chi connectivity index (χ1v) is 14.4. The highest BCUT2D eigenvalue weighted by Crippen LogP contribution is 2.39. The van der Waals surface area contributed by atoms with Crippen LogP contribution in [0.15, 0.2) is 60.7 Å². The Morgan fingerprint density at radius 2 is 1.15 bits per heavy atom. The molecule has 0 heterocycles. The van der Waals surface area contributed by atoms with E-state index in [1.165, 1.54) is 89.8 Å². The molecule has 0 saturated carbocycles. The van der Waals surface area contributed by atoms with Gasteiger partial charge in [-0.2, -0.15) is 9.90 Å². The summed E-state index contributed by atoms with van der Waals surface area (Å²) >= 11 is 0. The fourth-order valence-electron chi connectivity index (χ4n) is 3.46. The van der Waals surface area contributed by atoms with Crippen LogP contribution in [0.2, 0.25) is 0 Å². The molecule has 0 unspecified atom stereocenters. The maximum absolute atomic E-state index is 12.2. The maximum Gasteiger partial charge on any atom is 0.573 e. The SMILES string of the molecule is COc1ccc(OC(F)(F)F)c(NC(C)=O)c1.COc1cccc(N(OC(F)(F)F)C(C)=O)c1.COc1cccc(NC(C)=O)c1OC(F)(F)F.C[N+](=O)[O-]. The molecule has 0 aromatic heterocycles. The number of rotatable bonds is 9. The molecule has 15 nitrogen and oxygen atoms in total. The van der Waals surface area contributed by atoms with Crippen molar-refractivity contribution < 1.29 is 87.3 Å². The minimum Gasteiger partial charge on any atom is -0.497 e. The third kappa shape index (κ3) is 21.8. The number of halogens is 9. The lowest BCUT2D eigenvalue weighted by molar-refractivity contribution is -0.445. The first-order valence-electron chi connectivity index (χ1n) is 14.4. The molecule has 3 rings (SSSR count). The fraction of sp³-hybridized carbons (Fsp3) is 0.323. The minimum absolute atomic E-state index is 0.0609. The third-order valence-electron chi connectivity index (χ3n) is 5.22. The van der Waals surface area contributed by atoms with E-state index >= 15 is 0 Å². The van der Waals surface area contributed by atoms with Crippen molar-refractivity contribution in [3.63, 3.8) is 0 Å². The lowest BCUT2D eigenvalue weighted by atomic mass is 10.2. The van der Waals surface area contributed by atoms with Crippen molar-refractivity contribution in [3.05, 3.63) is 70.8 Å². The summed E-state index contributed by atoms with van der Waals surface area (Å²) in [6, 6.07) is 13.2. The van der Waals surface area contributed by atoms with Crippen LogP contribution in [0, 0.1) is 10.1 Å². The number of nitrogens with one attached hydrogen (secondary N) is 2. The van der Waals surface area contributed by atoms with E-state index in [1.54, 1.807) is 0 Å². The Kier molecular flexibility index (Phi) is 19.6. The van der Waals surface area contributed by atoms with E-state index in [-0.39, 0.29) is 27.9 Å². The van der Waals surface area contributed by atoms with Gasteiger partial charge in [0.2, 0.25) is 17.7 Å². The molecule has 0 radical (unpaired) electrons. The molecule has 0 fully saturated rings. The van der Waals surface area contributed by atoms with Crippen molar-refractivity contribution in [2.75, 3.05) is 44.1 Å². The third-order valence-corrected chi connectivity index (χ3v) is 5.22. The predicted molar refractivity (Wildman–Crippen MR) is 174 cm³/mol. The molecule has 0 saturated heterocycles. The van der Waals surface area contributed by atoms with E-state index in [1.807, 2.05) is 0 Å². The normalized spacial score (nSPS) is 10.6. The number of benzene rings is 3. The molecule has 0 aliphatic heterocycles. The monoisotopic (exact) mass is 808 g/mol. The van der Waals surface area contributed by atoms with Crippen molar-refractivity contribution >= 4 is 34.8 Å². The largest absolute Gasteiger partial charge is 0.573 e. The topological polar surface area (TPSA) is 177 Å². The summed E-state index contributed by atoms with van der Waals surface area (Å²) in [5.74, 6) is -2.46. The molecular weight excluding hydrogens is 775 g/mol. The Labute approximate surface area is 305 Å². The average molecular weight is 809 g/mol. The van der Waals surface area contributed by atoms with Gasteiger partial charge in [-0.15, -0.1) is 39.5 Å². The predicted octanol–water partition coefficient (Wildman–Crippen LogP) is 7.50. The van der Waals surface area contributed by atoms with E-state index < -0.39 is 53.2 Å². The number of hydroxylamine groups is 1. The maximum atomic E-state index is 12.2. The number of para-hydroxylation sites is 1. The quantitative estimate of drug-likeness (QED) is 0.124. The number of nitro groups is 1. The van der Waals surface area contributed by atoms with E-state index in [0.717, 1.165) is 20.0 Å². The van der Waals surface area contributed by atoms with Crippen molar-refractivity contribution in [2.45, 2.75) is 39.9 Å². The number of carbonyl (C=O) groups is 3. The minimum atomic E-state index is -4.94. The zero-order valence-electron chi connectivity index (χ0n) is 29.6. The number of hydrogen-bond acceptors (Lipinski definition) is 11. The highest BCUT2D eigenvalue weighted by atomic mass is 19.4. The zero-order valence-corrected chi connectivity index (χ0v) is 29.6. The summed E-state index contributed by atoms with van der Waals surface area (Å²) in [4.78, 5) is 44.7. The van der Waals surface area contributed by atoms with Crippen molar-refractivity contribution in [3.8, 4) is 28.7 Å². The molecule has 24 heteroatoms. The second-order valence-corrected chi connectivity index (χ2v) is 9.65. The van der Waals surface area contributed by atoms with Gasteiger partial charge in [-0.3, -0.25) is 24.5 Å². The van der Waals surface area contributed by atoms with Crippen molar-refractivity contribution in [2.24, 2.45) is 0 Å². The van der Waals surface area contributed by atoms with Crippen molar-refractivity contribution in [1.29, 1.82) is 0 Å². The van der Waals surface area contributed by atoms with E-state index in [9.17, 15) is 53.9 Å². The number of anilines is 3. The van der Waals surface area contributed by atoms with Gasteiger partial charge in [0.25, 0.3) is 0 Å². The number of alkyl halides is 9. The van der Waals surface area contributed by atoms with Crippen LogP contribution in [0.1, 0.15) is 20.8 Å². The summed E-state index contributed by atoms with van der Waals surface area (Å²) < 4.78 is 131. The number of amides is 3. The molecule has 306 valence electrons. The summed E-state index contributed by atoms with van der Waals surface area (Å²) in [5, 5.41) is 13.4. The Morgan fingerprint density at radius 3 is 1.58 bits per heavy atom. The van der Waals surface area contributed by atoms with Gasteiger partial charge in [-0.05, 0) is 36.4 Å². The molecule has 0 bridgehead atoms. The molecule has 2 N–H and O–H groups in total. The number of nitrogens with zero attached hydrogens (tertiary/aromatic N) is 2. The van der Waals surface area contributed by atoms with Crippen LogP contribution in [-0.2, 0) is 19.2 Å². The van der Waals surface area contributed by atoms with Gasteiger partial charge in [0, 0.05) is 37.8 Å². The molecule has 55 heavy (non-hydrogen) atoms. The second-order valence-electron chi connectivity index (χ2n) is 9.65. The van der Waals surface area contributed by atoms with E-state index in [4.69, 9.17) is 24.3 Å². The van der Waals surface area contributed by atoms with Crippen LogP contribution in [0.3, 0.4) is 0 Å². The van der Waals surface area contributed by atoms with Gasteiger partial charge in [0.1, 0.15) is 11.5 Å². The average Bonchev–Trinajstić information content (AvgIpc) is 3.03. The van der Waals surface area contributed by atoms with Crippen LogP contribution in [0.4, 0.5) is 56.6 Å². The van der Waals surface area contributed by atoms with Gasteiger partial charge in [0.05, 0.1) is 38.4 Å². The molecular formula is C31H33F9N4O11. The summed E-state index contributed by atoms with van der Waals surface area (Å²) in [6.07, 6.45) is -14.6. The highest BCUT2D eigenvalue weighted by molar-refractivity contribution is 5.91. The summed E-state index contributed by atoms with van der Waals surface area (Å²) in [7, 11) is 4.81. The fourth-order valence-corrected chi connectivity index (χ4v) is 3.46. The van der Waals surface area contributed by atoms with Crippen LogP contribution in [0.5, 0.6) is 28.7 Å². The molecule has 3 aromatic carbocycles. The molecule has 0 spiro atoms. The van der Waals surface area contributed by atoms with Crippen molar-refractivity contribution in [1.82, 2.24) is 0 Å². The Morgan fingerprint density at radius 1 is 0.655 bits per heavy atom. The second kappa shape index (κ2) is 22.1. The van der Waals surface area contributed by atoms with Gasteiger partial charge in [0.15, 0.2) is 24.3 Å². The van der Waals surface area contributed by atoms with Crippen LogP contribution in [0.25, 0.3) is 0 Å². The lowest BCUT2D eigenvalue weighted by Crippen LogP contribution is -2.35. The molecule has 3 aromatic rings. The molecule has 3 amide bonds. The number of hydrogen-bond donors (Lipinski definition) is 2. The van der Waals surface area contributed by atoms with Gasteiger partial charge in [-0.1, -0.05) is 12.1 Å². The van der Waals surface area contributed by atoms with Crippen LogP contribution >= 0.6 is 0 Å². The van der Waals surface area contributed by atoms with Gasteiger partial charge in [-0.25, -0.2) is 0 Å². The number of methoxy groups -OCH3 is 3. The first-order chi connectivity index (χ1) is 25.2. The van der Waals surface area contributed by atoms with Gasteiger partial charge >= 0.3 is 19.1 Å². The summed E-state index contributed by atoms with van der Waals surface area (Å²) in [5.41, 5.74) is -0.266.